The van der Waals surface area contributed by atoms with E-state index in [9.17, 15) is 17.6 Å². The van der Waals surface area contributed by atoms with Gasteiger partial charge in [-0.3, -0.25) is 4.79 Å². The molecule has 6 nitrogen and oxygen atoms in total. The number of carbonyl (C=O) groups excluding carboxylic acids is 1. The minimum atomic E-state index is -3.66. The van der Waals surface area contributed by atoms with Crippen LogP contribution in [0.1, 0.15) is 12.0 Å². The Balaban J connectivity index is 2.24. The summed E-state index contributed by atoms with van der Waals surface area (Å²) >= 11 is 0. The first-order chi connectivity index (χ1) is 9.28. The van der Waals surface area contributed by atoms with Gasteiger partial charge in [0.25, 0.3) is 0 Å². The molecule has 0 bridgehead atoms. The van der Waals surface area contributed by atoms with Gasteiger partial charge in [-0.1, -0.05) is 0 Å². The largest absolute Gasteiger partial charge is 0.312 e. The summed E-state index contributed by atoms with van der Waals surface area (Å²) in [7, 11) is -3.66. The predicted molar refractivity (Wildman–Crippen MR) is 69.5 cm³/mol. The lowest BCUT2D eigenvalue weighted by Gasteiger charge is -2.17. The van der Waals surface area contributed by atoms with E-state index in [0.29, 0.717) is 0 Å². The van der Waals surface area contributed by atoms with Crippen molar-refractivity contribution < 1.29 is 17.6 Å². The molecule has 1 fully saturated rings. The Morgan fingerprint density at radius 2 is 2.15 bits per heavy atom. The van der Waals surface area contributed by atoms with Gasteiger partial charge in [0, 0.05) is 24.6 Å². The van der Waals surface area contributed by atoms with Gasteiger partial charge in [0.15, 0.2) is 0 Å². The molecule has 1 unspecified atom stereocenters. The summed E-state index contributed by atoms with van der Waals surface area (Å²) in [5.74, 6) is -1.66. The minimum Gasteiger partial charge on any atom is -0.312 e. The Hall–Kier alpha value is -1.98. The van der Waals surface area contributed by atoms with Crippen LogP contribution in [-0.2, 0) is 14.8 Å². The molecule has 0 saturated carbocycles. The summed E-state index contributed by atoms with van der Waals surface area (Å²) in [6.07, 6.45) is 0.0365. The standard InChI is InChI=1S/C12H12FN3O3S/c13-10-1-8(5-14)2-11(4-10)16-6-9(3-12(16)17)7-20(15,18)19/h1-2,4,9H,3,6-7H2,(H2,15,18,19). The van der Waals surface area contributed by atoms with Gasteiger partial charge in [0.2, 0.25) is 15.9 Å². The molecule has 1 saturated heterocycles. The molecule has 0 aliphatic carbocycles. The van der Waals surface area contributed by atoms with E-state index < -0.39 is 21.8 Å². The lowest BCUT2D eigenvalue weighted by Crippen LogP contribution is -2.27. The quantitative estimate of drug-likeness (QED) is 0.868. The number of nitrogens with two attached hydrogens (primary N) is 1. The van der Waals surface area contributed by atoms with Crippen LogP contribution in [0.2, 0.25) is 0 Å². The molecule has 106 valence electrons. The number of halogens is 1. The second kappa shape index (κ2) is 5.19. The molecule has 1 aromatic rings. The van der Waals surface area contributed by atoms with Crippen molar-refractivity contribution in [3.63, 3.8) is 0 Å². The normalized spacial score (nSPS) is 19.1. The van der Waals surface area contributed by atoms with Gasteiger partial charge in [-0.2, -0.15) is 5.26 Å². The van der Waals surface area contributed by atoms with E-state index in [1.165, 1.54) is 11.0 Å². The molecule has 1 heterocycles. The van der Waals surface area contributed by atoms with Crippen molar-refractivity contribution in [1.29, 1.82) is 5.26 Å². The van der Waals surface area contributed by atoms with E-state index >= 15 is 0 Å². The summed E-state index contributed by atoms with van der Waals surface area (Å²) in [6, 6.07) is 5.39. The summed E-state index contributed by atoms with van der Waals surface area (Å²) in [5.41, 5.74) is 0.353. The number of nitrogens with zero attached hydrogens (tertiary/aromatic N) is 2. The van der Waals surface area contributed by atoms with Crippen LogP contribution >= 0.6 is 0 Å². The number of carbonyl (C=O) groups is 1. The molecule has 1 atom stereocenters. The molecule has 1 aliphatic rings. The number of primary sulfonamides is 1. The van der Waals surface area contributed by atoms with Gasteiger partial charge >= 0.3 is 0 Å². The van der Waals surface area contributed by atoms with Gasteiger partial charge in [-0.25, -0.2) is 17.9 Å². The van der Waals surface area contributed by atoms with E-state index in [2.05, 4.69) is 0 Å². The van der Waals surface area contributed by atoms with Gasteiger partial charge < -0.3 is 4.90 Å². The van der Waals surface area contributed by atoms with Crippen LogP contribution in [-0.4, -0.2) is 26.6 Å². The van der Waals surface area contributed by atoms with Crippen molar-refractivity contribution in [1.82, 2.24) is 0 Å². The Labute approximate surface area is 115 Å². The molecule has 1 amide bonds. The van der Waals surface area contributed by atoms with E-state index in [1.807, 2.05) is 0 Å². The van der Waals surface area contributed by atoms with Crippen molar-refractivity contribution in [2.75, 3.05) is 17.2 Å². The topological polar surface area (TPSA) is 104 Å². The number of anilines is 1. The Morgan fingerprint density at radius 3 is 2.75 bits per heavy atom. The average Bonchev–Trinajstić information content (AvgIpc) is 2.66. The number of hydrogen-bond acceptors (Lipinski definition) is 4. The molecule has 0 radical (unpaired) electrons. The maximum absolute atomic E-state index is 13.4. The van der Waals surface area contributed by atoms with Gasteiger partial charge in [-0.15, -0.1) is 0 Å². The monoisotopic (exact) mass is 297 g/mol. The fourth-order valence-corrected chi connectivity index (χ4v) is 3.15. The molecule has 8 heteroatoms. The third-order valence-electron chi connectivity index (χ3n) is 3.00. The number of benzene rings is 1. The van der Waals surface area contributed by atoms with Crippen LogP contribution in [0.4, 0.5) is 10.1 Å². The van der Waals surface area contributed by atoms with Crippen LogP contribution in [0.15, 0.2) is 18.2 Å². The highest BCUT2D eigenvalue weighted by molar-refractivity contribution is 7.89. The molecule has 2 N–H and O–H groups in total. The van der Waals surface area contributed by atoms with E-state index in [-0.39, 0.29) is 35.9 Å². The first-order valence-electron chi connectivity index (χ1n) is 5.80. The molecular weight excluding hydrogens is 285 g/mol. The summed E-state index contributed by atoms with van der Waals surface area (Å²) in [6.45, 7) is 0.142. The number of nitriles is 1. The third-order valence-corrected chi connectivity index (χ3v) is 3.93. The lowest BCUT2D eigenvalue weighted by molar-refractivity contribution is -0.117. The van der Waals surface area contributed by atoms with Gasteiger partial charge in [0.1, 0.15) is 5.82 Å². The summed E-state index contributed by atoms with van der Waals surface area (Å²) in [5, 5.41) is 13.7. The van der Waals surface area contributed by atoms with E-state index in [1.54, 1.807) is 6.07 Å². The molecule has 0 spiro atoms. The van der Waals surface area contributed by atoms with Crippen LogP contribution < -0.4 is 10.0 Å². The highest BCUT2D eigenvalue weighted by atomic mass is 32.2. The first-order valence-corrected chi connectivity index (χ1v) is 7.51. The zero-order valence-corrected chi connectivity index (χ0v) is 11.2. The smallest absolute Gasteiger partial charge is 0.227 e. The zero-order chi connectivity index (χ0) is 14.9. The SMILES string of the molecule is N#Cc1cc(F)cc(N2CC(CS(N)(=O)=O)CC2=O)c1. The van der Waals surface area contributed by atoms with Crippen molar-refractivity contribution in [2.45, 2.75) is 6.42 Å². The van der Waals surface area contributed by atoms with Crippen molar-refractivity contribution >= 4 is 21.6 Å². The number of amides is 1. The van der Waals surface area contributed by atoms with Crippen molar-refractivity contribution in [2.24, 2.45) is 11.1 Å². The highest BCUT2D eigenvalue weighted by Crippen LogP contribution is 2.27. The molecule has 1 aromatic carbocycles. The highest BCUT2D eigenvalue weighted by Gasteiger charge is 2.33. The Bertz CT molecular complexity index is 696. The van der Waals surface area contributed by atoms with E-state index in [0.717, 1.165) is 12.1 Å². The van der Waals surface area contributed by atoms with Crippen LogP contribution in [0.3, 0.4) is 0 Å². The molecular formula is C12H12FN3O3S. The lowest BCUT2D eigenvalue weighted by atomic mass is 10.1. The third kappa shape index (κ3) is 3.31. The summed E-state index contributed by atoms with van der Waals surface area (Å²) in [4.78, 5) is 13.1. The second-order valence-electron chi connectivity index (χ2n) is 4.71. The fraction of sp³-hybridized carbons (Fsp3) is 0.333. The number of rotatable bonds is 3. The molecule has 2 rings (SSSR count). The summed E-state index contributed by atoms with van der Waals surface area (Å²) < 4.78 is 35.4. The zero-order valence-electron chi connectivity index (χ0n) is 10.4. The predicted octanol–water partition coefficient (Wildman–Crippen LogP) is 0.339. The minimum absolute atomic E-state index is 0.0365. The molecule has 0 aromatic heterocycles. The second-order valence-corrected chi connectivity index (χ2v) is 6.37. The first kappa shape index (κ1) is 14.4. The Kier molecular flexibility index (Phi) is 3.74. The van der Waals surface area contributed by atoms with Gasteiger partial charge in [0.05, 0.1) is 17.4 Å². The van der Waals surface area contributed by atoms with Crippen molar-refractivity contribution in [3.8, 4) is 6.07 Å². The number of sulfonamides is 1. The molecule has 20 heavy (non-hydrogen) atoms. The van der Waals surface area contributed by atoms with Crippen LogP contribution in [0.5, 0.6) is 0 Å². The average molecular weight is 297 g/mol. The maximum Gasteiger partial charge on any atom is 0.227 e. The Morgan fingerprint density at radius 1 is 1.45 bits per heavy atom. The van der Waals surface area contributed by atoms with Crippen LogP contribution in [0.25, 0.3) is 0 Å². The van der Waals surface area contributed by atoms with E-state index in [4.69, 9.17) is 10.4 Å². The van der Waals surface area contributed by atoms with Crippen LogP contribution in [0, 0.1) is 23.1 Å². The van der Waals surface area contributed by atoms with Gasteiger partial charge in [-0.05, 0) is 18.2 Å². The van der Waals surface area contributed by atoms with Crippen molar-refractivity contribution in [3.05, 3.63) is 29.6 Å². The fourth-order valence-electron chi connectivity index (χ4n) is 2.27. The maximum atomic E-state index is 13.4. The molecule has 1 aliphatic heterocycles. The number of hydrogen-bond donors (Lipinski definition) is 1.